The van der Waals surface area contributed by atoms with Crippen molar-refractivity contribution in [3.05, 3.63) is 0 Å². The molecule has 2 N–H and O–H groups in total. The fourth-order valence-corrected chi connectivity index (χ4v) is 2.25. The van der Waals surface area contributed by atoms with Crippen molar-refractivity contribution in [3.8, 4) is 0 Å². The van der Waals surface area contributed by atoms with Gasteiger partial charge >= 0.3 is 0 Å². The summed E-state index contributed by atoms with van der Waals surface area (Å²) in [6.07, 6.45) is 3.34. The van der Waals surface area contributed by atoms with E-state index in [-0.39, 0.29) is 0 Å². The Hall–Kier alpha value is -0.160. The summed E-state index contributed by atoms with van der Waals surface area (Å²) in [6, 6.07) is 0.438. The van der Waals surface area contributed by atoms with Crippen LogP contribution >= 0.6 is 0 Å². The molecule has 0 aromatic heterocycles. The van der Waals surface area contributed by atoms with Crippen LogP contribution in [-0.4, -0.2) is 62.6 Å². The first-order valence-corrected chi connectivity index (χ1v) is 7.61. The summed E-state index contributed by atoms with van der Waals surface area (Å²) in [7, 11) is 4.17. The summed E-state index contributed by atoms with van der Waals surface area (Å²) in [5.74, 6) is 1.43. The smallest absolute Gasteiger partial charge is 0.0897 e. The molecule has 0 aliphatic heterocycles. The molecule has 0 aromatic carbocycles. The highest BCUT2D eigenvalue weighted by Crippen LogP contribution is 2.28. The lowest BCUT2D eigenvalue weighted by atomic mass is 10.0. The summed E-state index contributed by atoms with van der Waals surface area (Å²) in [6.45, 7) is 7.38. The fourth-order valence-electron chi connectivity index (χ4n) is 2.25. The molecule has 2 atom stereocenters. The van der Waals surface area contributed by atoms with Crippen LogP contribution in [0.1, 0.15) is 33.1 Å². The van der Waals surface area contributed by atoms with Crippen LogP contribution in [0.3, 0.4) is 0 Å². The van der Waals surface area contributed by atoms with E-state index < -0.39 is 6.10 Å². The average Bonchev–Trinajstić information content (AvgIpc) is 3.08. The van der Waals surface area contributed by atoms with Crippen LogP contribution < -0.4 is 5.32 Å². The Morgan fingerprint density at radius 2 is 2.00 bits per heavy atom. The van der Waals surface area contributed by atoms with Gasteiger partial charge in [0.05, 0.1) is 12.7 Å². The van der Waals surface area contributed by atoms with Crippen molar-refractivity contribution in [1.82, 2.24) is 10.2 Å². The Morgan fingerprint density at radius 3 is 2.53 bits per heavy atom. The average molecular weight is 272 g/mol. The van der Waals surface area contributed by atoms with Crippen molar-refractivity contribution >= 4 is 0 Å². The number of nitrogens with one attached hydrogen (secondary N) is 1. The molecular formula is C15H32N2O2. The molecule has 0 saturated heterocycles. The van der Waals surface area contributed by atoms with E-state index in [1.165, 1.54) is 12.8 Å². The maximum absolute atomic E-state index is 9.90. The van der Waals surface area contributed by atoms with Crippen molar-refractivity contribution in [3.63, 3.8) is 0 Å². The Balaban J connectivity index is 2.12. The van der Waals surface area contributed by atoms with E-state index in [4.69, 9.17) is 4.74 Å². The van der Waals surface area contributed by atoms with Crippen LogP contribution in [0.15, 0.2) is 0 Å². The first-order valence-electron chi connectivity index (χ1n) is 7.61. The third kappa shape index (κ3) is 9.38. The largest absolute Gasteiger partial charge is 0.389 e. The van der Waals surface area contributed by atoms with Crippen molar-refractivity contribution < 1.29 is 9.84 Å². The summed E-state index contributed by atoms with van der Waals surface area (Å²) in [5.41, 5.74) is 0. The topological polar surface area (TPSA) is 44.7 Å². The predicted molar refractivity (Wildman–Crippen MR) is 79.3 cm³/mol. The van der Waals surface area contributed by atoms with Crippen molar-refractivity contribution in [2.45, 2.75) is 45.3 Å². The molecule has 1 rings (SSSR count). The lowest BCUT2D eigenvalue weighted by Crippen LogP contribution is -2.43. The highest BCUT2D eigenvalue weighted by atomic mass is 16.5. The van der Waals surface area contributed by atoms with Crippen LogP contribution in [-0.2, 0) is 4.74 Å². The fraction of sp³-hybridized carbons (Fsp3) is 1.00. The number of aliphatic hydroxyl groups is 1. The number of rotatable bonds is 11. The van der Waals surface area contributed by atoms with Gasteiger partial charge in [-0.3, -0.25) is 0 Å². The van der Waals surface area contributed by atoms with Crippen LogP contribution in [0.4, 0.5) is 0 Å². The summed E-state index contributed by atoms with van der Waals surface area (Å²) in [4.78, 5) is 2.19. The molecular weight excluding hydrogens is 240 g/mol. The highest BCUT2D eigenvalue weighted by Gasteiger charge is 2.21. The number of hydrogen-bond acceptors (Lipinski definition) is 4. The standard InChI is InChI=1S/C15H32N2O2/c1-12(2)7-14(9-17(3)4)16-8-15(18)11-19-10-13-5-6-13/h12-16,18H,5-11H2,1-4H3. The number of nitrogens with zero attached hydrogens (tertiary/aromatic N) is 1. The Labute approximate surface area is 118 Å². The number of aliphatic hydroxyl groups excluding tert-OH is 1. The van der Waals surface area contributed by atoms with Crippen molar-refractivity contribution in [2.75, 3.05) is 40.4 Å². The van der Waals surface area contributed by atoms with E-state index >= 15 is 0 Å². The molecule has 1 saturated carbocycles. The summed E-state index contributed by atoms with van der Waals surface area (Å²) < 4.78 is 5.51. The minimum atomic E-state index is -0.393. The van der Waals surface area contributed by atoms with E-state index in [0.29, 0.717) is 25.1 Å². The van der Waals surface area contributed by atoms with Gasteiger partial charge in [-0.25, -0.2) is 0 Å². The minimum absolute atomic E-state index is 0.393. The first-order chi connectivity index (χ1) is 8.97. The molecule has 1 fully saturated rings. The van der Waals surface area contributed by atoms with E-state index in [1.54, 1.807) is 0 Å². The molecule has 0 aromatic rings. The minimum Gasteiger partial charge on any atom is -0.389 e. The molecule has 0 heterocycles. The van der Waals surface area contributed by atoms with E-state index in [9.17, 15) is 5.11 Å². The van der Waals surface area contributed by atoms with E-state index in [2.05, 4.69) is 38.2 Å². The molecule has 0 radical (unpaired) electrons. The number of ether oxygens (including phenoxy) is 1. The predicted octanol–water partition coefficient (Wildman–Crippen LogP) is 1.34. The zero-order chi connectivity index (χ0) is 14.3. The van der Waals surface area contributed by atoms with Gasteiger partial charge in [0.25, 0.3) is 0 Å². The lowest BCUT2D eigenvalue weighted by molar-refractivity contribution is 0.0305. The monoisotopic (exact) mass is 272 g/mol. The normalized spacial score (nSPS) is 19.1. The van der Waals surface area contributed by atoms with Gasteiger partial charge in [-0.2, -0.15) is 0 Å². The van der Waals surface area contributed by atoms with Crippen molar-refractivity contribution in [1.29, 1.82) is 0 Å². The quantitative estimate of drug-likeness (QED) is 0.596. The third-order valence-corrected chi connectivity index (χ3v) is 3.34. The zero-order valence-corrected chi connectivity index (χ0v) is 13.1. The molecule has 0 bridgehead atoms. The molecule has 0 amide bonds. The maximum Gasteiger partial charge on any atom is 0.0897 e. The van der Waals surface area contributed by atoms with E-state index in [1.807, 2.05) is 0 Å². The van der Waals surface area contributed by atoms with Gasteiger partial charge in [0, 0.05) is 25.7 Å². The van der Waals surface area contributed by atoms with Gasteiger partial charge in [0.2, 0.25) is 0 Å². The van der Waals surface area contributed by atoms with Gasteiger partial charge in [-0.1, -0.05) is 13.8 Å². The Kier molecular flexibility index (Phi) is 7.91. The van der Waals surface area contributed by atoms with Gasteiger partial charge < -0.3 is 20.1 Å². The summed E-state index contributed by atoms with van der Waals surface area (Å²) in [5, 5.41) is 13.4. The highest BCUT2D eigenvalue weighted by molar-refractivity contribution is 4.74. The van der Waals surface area contributed by atoms with Gasteiger partial charge in [0.15, 0.2) is 0 Å². The van der Waals surface area contributed by atoms with Crippen LogP contribution in [0.25, 0.3) is 0 Å². The SMILES string of the molecule is CC(C)CC(CN(C)C)NCC(O)COCC1CC1. The Morgan fingerprint density at radius 1 is 1.32 bits per heavy atom. The summed E-state index contributed by atoms with van der Waals surface area (Å²) >= 11 is 0. The van der Waals surface area contributed by atoms with Crippen LogP contribution in [0.2, 0.25) is 0 Å². The van der Waals surface area contributed by atoms with Gasteiger partial charge in [0.1, 0.15) is 0 Å². The zero-order valence-electron chi connectivity index (χ0n) is 13.1. The molecule has 4 heteroatoms. The van der Waals surface area contributed by atoms with Crippen LogP contribution in [0.5, 0.6) is 0 Å². The molecule has 1 aliphatic rings. The second kappa shape index (κ2) is 8.90. The van der Waals surface area contributed by atoms with Crippen molar-refractivity contribution in [2.24, 2.45) is 11.8 Å². The number of hydrogen-bond donors (Lipinski definition) is 2. The molecule has 4 nitrogen and oxygen atoms in total. The van der Waals surface area contributed by atoms with Crippen LogP contribution in [0, 0.1) is 11.8 Å². The van der Waals surface area contributed by atoms with Gasteiger partial charge in [-0.15, -0.1) is 0 Å². The second-order valence-corrected chi connectivity index (χ2v) is 6.63. The Bertz CT molecular complexity index is 220. The number of likely N-dealkylation sites (N-methyl/N-ethyl adjacent to an activating group) is 1. The third-order valence-electron chi connectivity index (χ3n) is 3.34. The second-order valence-electron chi connectivity index (χ2n) is 6.63. The first kappa shape index (κ1) is 16.9. The lowest BCUT2D eigenvalue weighted by Gasteiger charge is -2.25. The van der Waals surface area contributed by atoms with Gasteiger partial charge in [-0.05, 0) is 45.2 Å². The van der Waals surface area contributed by atoms with E-state index in [0.717, 1.165) is 25.5 Å². The molecule has 0 spiro atoms. The molecule has 19 heavy (non-hydrogen) atoms. The molecule has 114 valence electrons. The maximum atomic E-state index is 9.90. The molecule has 2 unspecified atom stereocenters. The molecule has 1 aliphatic carbocycles.